The molecule has 2 heterocycles. The summed E-state index contributed by atoms with van der Waals surface area (Å²) in [7, 11) is 0. The van der Waals surface area contributed by atoms with E-state index in [9.17, 15) is 4.39 Å². The van der Waals surface area contributed by atoms with Gasteiger partial charge in [-0.3, -0.25) is 4.98 Å². The summed E-state index contributed by atoms with van der Waals surface area (Å²) in [5.74, 6) is 0.472. The third kappa shape index (κ3) is 3.49. The Balaban J connectivity index is 1.77. The number of anilines is 1. The van der Waals surface area contributed by atoms with Gasteiger partial charge in [-0.25, -0.2) is 4.39 Å². The molecule has 3 rings (SSSR count). The first-order chi connectivity index (χ1) is 10.3. The SMILES string of the molecule is Fc1ccc(OCc2cccnc2)c(N2CCNCC2)c1. The van der Waals surface area contributed by atoms with Gasteiger partial charge in [0.15, 0.2) is 0 Å². The van der Waals surface area contributed by atoms with Crippen molar-refractivity contribution in [2.45, 2.75) is 6.61 Å². The maximum atomic E-state index is 13.6. The minimum Gasteiger partial charge on any atom is -0.487 e. The number of rotatable bonds is 4. The second kappa shape index (κ2) is 6.54. The summed E-state index contributed by atoms with van der Waals surface area (Å²) in [6.07, 6.45) is 3.50. The molecule has 1 aromatic carbocycles. The standard InChI is InChI=1S/C16H18FN3O/c17-14-3-4-16(21-12-13-2-1-5-19-11-13)15(10-14)20-8-6-18-7-9-20/h1-5,10-11,18H,6-9,12H2. The molecule has 1 saturated heterocycles. The van der Waals surface area contributed by atoms with E-state index in [0.717, 1.165) is 37.4 Å². The third-order valence-corrected chi connectivity index (χ3v) is 3.50. The summed E-state index contributed by atoms with van der Waals surface area (Å²) >= 11 is 0. The number of ether oxygens (including phenoxy) is 1. The molecular weight excluding hydrogens is 269 g/mol. The van der Waals surface area contributed by atoms with Gasteiger partial charge in [0.05, 0.1) is 5.69 Å². The van der Waals surface area contributed by atoms with Gasteiger partial charge in [-0.1, -0.05) is 6.07 Å². The number of nitrogens with one attached hydrogen (secondary N) is 1. The predicted octanol–water partition coefficient (Wildman–Crippen LogP) is 2.21. The van der Waals surface area contributed by atoms with Crippen LogP contribution in [0.5, 0.6) is 5.75 Å². The molecule has 1 aromatic heterocycles. The van der Waals surface area contributed by atoms with E-state index in [1.807, 2.05) is 12.1 Å². The second-order valence-corrected chi connectivity index (χ2v) is 5.00. The van der Waals surface area contributed by atoms with Crippen molar-refractivity contribution in [3.05, 3.63) is 54.1 Å². The molecule has 1 aliphatic rings. The molecule has 4 nitrogen and oxygen atoms in total. The molecule has 0 spiro atoms. The van der Waals surface area contributed by atoms with Crippen molar-refractivity contribution in [1.29, 1.82) is 0 Å². The lowest BCUT2D eigenvalue weighted by atomic mass is 10.2. The summed E-state index contributed by atoms with van der Waals surface area (Å²) in [4.78, 5) is 6.22. The second-order valence-electron chi connectivity index (χ2n) is 5.00. The highest BCUT2D eigenvalue weighted by molar-refractivity contribution is 5.59. The molecule has 0 unspecified atom stereocenters. The van der Waals surface area contributed by atoms with Gasteiger partial charge in [-0.15, -0.1) is 0 Å². The molecule has 2 aromatic rings. The van der Waals surface area contributed by atoms with Crippen LogP contribution >= 0.6 is 0 Å². The van der Waals surface area contributed by atoms with E-state index in [1.54, 1.807) is 24.5 Å². The fraction of sp³-hybridized carbons (Fsp3) is 0.312. The molecule has 21 heavy (non-hydrogen) atoms. The van der Waals surface area contributed by atoms with Gasteiger partial charge in [0.1, 0.15) is 18.2 Å². The number of piperazine rings is 1. The van der Waals surface area contributed by atoms with Crippen LogP contribution in [0.2, 0.25) is 0 Å². The lowest BCUT2D eigenvalue weighted by molar-refractivity contribution is 0.305. The van der Waals surface area contributed by atoms with Gasteiger partial charge >= 0.3 is 0 Å². The van der Waals surface area contributed by atoms with Crippen LogP contribution in [0.4, 0.5) is 10.1 Å². The van der Waals surface area contributed by atoms with Crippen LogP contribution in [-0.4, -0.2) is 31.2 Å². The summed E-state index contributed by atoms with van der Waals surface area (Å²) < 4.78 is 19.4. The quantitative estimate of drug-likeness (QED) is 0.935. The van der Waals surface area contributed by atoms with Crippen molar-refractivity contribution >= 4 is 5.69 Å². The summed E-state index contributed by atoms with van der Waals surface area (Å²) in [5.41, 5.74) is 1.81. The van der Waals surface area contributed by atoms with E-state index in [0.29, 0.717) is 12.4 Å². The molecule has 0 radical (unpaired) electrons. The number of halogens is 1. The van der Waals surface area contributed by atoms with Crippen molar-refractivity contribution in [2.75, 3.05) is 31.1 Å². The van der Waals surface area contributed by atoms with Gasteiger partial charge in [0.25, 0.3) is 0 Å². The van der Waals surface area contributed by atoms with Crippen molar-refractivity contribution < 1.29 is 9.13 Å². The van der Waals surface area contributed by atoms with Crippen LogP contribution in [0.3, 0.4) is 0 Å². The zero-order chi connectivity index (χ0) is 14.5. The van der Waals surface area contributed by atoms with Crippen molar-refractivity contribution in [3.8, 4) is 5.75 Å². The zero-order valence-electron chi connectivity index (χ0n) is 11.8. The van der Waals surface area contributed by atoms with Gasteiger partial charge in [0, 0.05) is 50.2 Å². The monoisotopic (exact) mass is 287 g/mol. The van der Waals surface area contributed by atoms with Crippen LogP contribution in [0.1, 0.15) is 5.56 Å². The van der Waals surface area contributed by atoms with Crippen LogP contribution in [0.25, 0.3) is 0 Å². The highest BCUT2D eigenvalue weighted by atomic mass is 19.1. The van der Waals surface area contributed by atoms with Crippen LogP contribution < -0.4 is 15.0 Å². The topological polar surface area (TPSA) is 37.4 Å². The molecule has 1 fully saturated rings. The first-order valence-corrected chi connectivity index (χ1v) is 7.10. The minimum absolute atomic E-state index is 0.239. The van der Waals surface area contributed by atoms with Gasteiger partial charge in [-0.05, 0) is 18.2 Å². The highest BCUT2D eigenvalue weighted by Crippen LogP contribution is 2.30. The molecular formula is C16H18FN3O. The number of hydrogen-bond donors (Lipinski definition) is 1. The molecule has 0 saturated carbocycles. The first kappa shape index (κ1) is 13.8. The average Bonchev–Trinajstić information content (AvgIpc) is 2.55. The van der Waals surface area contributed by atoms with Crippen molar-refractivity contribution in [1.82, 2.24) is 10.3 Å². The third-order valence-electron chi connectivity index (χ3n) is 3.50. The van der Waals surface area contributed by atoms with E-state index in [1.165, 1.54) is 6.07 Å². The fourth-order valence-corrected chi connectivity index (χ4v) is 2.41. The summed E-state index contributed by atoms with van der Waals surface area (Å²) in [5, 5.41) is 3.29. The summed E-state index contributed by atoms with van der Waals surface area (Å²) in [6, 6.07) is 8.51. The smallest absolute Gasteiger partial charge is 0.143 e. The Morgan fingerprint density at radius 3 is 2.86 bits per heavy atom. The molecule has 0 amide bonds. The molecule has 5 heteroatoms. The average molecular weight is 287 g/mol. The molecule has 0 aliphatic carbocycles. The van der Waals surface area contributed by atoms with E-state index in [-0.39, 0.29) is 5.82 Å². The van der Waals surface area contributed by atoms with Gasteiger partial charge in [0.2, 0.25) is 0 Å². The Morgan fingerprint density at radius 2 is 2.10 bits per heavy atom. The van der Waals surface area contributed by atoms with E-state index in [4.69, 9.17) is 4.74 Å². The number of nitrogens with zero attached hydrogens (tertiary/aromatic N) is 2. The molecule has 1 N–H and O–H groups in total. The number of pyridine rings is 1. The molecule has 0 bridgehead atoms. The zero-order valence-corrected chi connectivity index (χ0v) is 11.8. The molecule has 0 atom stereocenters. The van der Waals surface area contributed by atoms with Gasteiger partial charge < -0.3 is 15.0 Å². The Hall–Kier alpha value is -2.14. The maximum Gasteiger partial charge on any atom is 0.143 e. The number of hydrogen-bond acceptors (Lipinski definition) is 4. The van der Waals surface area contributed by atoms with E-state index < -0.39 is 0 Å². The lowest BCUT2D eigenvalue weighted by Crippen LogP contribution is -2.43. The number of benzene rings is 1. The lowest BCUT2D eigenvalue weighted by Gasteiger charge is -2.30. The Kier molecular flexibility index (Phi) is 4.31. The van der Waals surface area contributed by atoms with Crippen LogP contribution in [-0.2, 0) is 6.61 Å². The Morgan fingerprint density at radius 1 is 1.24 bits per heavy atom. The number of aromatic nitrogens is 1. The normalized spacial score (nSPS) is 15.0. The van der Waals surface area contributed by atoms with Crippen LogP contribution in [0.15, 0.2) is 42.7 Å². The highest BCUT2D eigenvalue weighted by Gasteiger charge is 2.16. The van der Waals surface area contributed by atoms with E-state index >= 15 is 0 Å². The van der Waals surface area contributed by atoms with Crippen LogP contribution in [0, 0.1) is 5.82 Å². The first-order valence-electron chi connectivity index (χ1n) is 7.10. The summed E-state index contributed by atoms with van der Waals surface area (Å²) in [6.45, 7) is 3.94. The Bertz CT molecular complexity index is 585. The van der Waals surface area contributed by atoms with Crippen molar-refractivity contribution in [2.24, 2.45) is 0 Å². The maximum absolute atomic E-state index is 13.6. The molecule has 1 aliphatic heterocycles. The van der Waals surface area contributed by atoms with Crippen molar-refractivity contribution in [3.63, 3.8) is 0 Å². The predicted molar refractivity (Wildman–Crippen MR) is 80.1 cm³/mol. The fourth-order valence-electron chi connectivity index (χ4n) is 2.41. The Labute approximate surface area is 123 Å². The van der Waals surface area contributed by atoms with E-state index in [2.05, 4.69) is 15.2 Å². The minimum atomic E-state index is -0.239. The van der Waals surface area contributed by atoms with Gasteiger partial charge in [-0.2, -0.15) is 0 Å². The molecule has 110 valence electrons. The largest absolute Gasteiger partial charge is 0.487 e.